The zero-order valence-corrected chi connectivity index (χ0v) is 12.6. The molecule has 0 heterocycles. The fraction of sp³-hybridized carbons (Fsp3) is 1.00. The van der Waals surface area contributed by atoms with Crippen molar-refractivity contribution in [1.29, 1.82) is 0 Å². The first-order valence-corrected chi connectivity index (χ1v) is 8.56. The zero-order valence-electron chi connectivity index (χ0n) is 12.6. The van der Waals surface area contributed by atoms with Crippen LogP contribution in [-0.4, -0.2) is 12.6 Å². The normalized spacial score (nSPS) is 30.3. The van der Waals surface area contributed by atoms with Crippen LogP contribution in [0.2, 0.25) is 0 Å². The summed E-state index contributed by atoms with van der Waals surface area (Å²) < 4.78 is 0. The molecule has 1 nitrogen and oxygen atoms in total. The largest absolute Gasteiger partial charge is 0.314 e. The molecule has 2 fully saturated rings. The average molecular weight is 251 g/mol. The van der Waals surface area contributed by atoms with Gasteiger partial charge in [0.25, 0.3) is 0 Å². The Hall–Kier alpha value is -0.0400. The third kappa shape index (κ3) is 4.57. The molecule has 3 atom stereocenters. The van der Waals surface area contributed by atoms with Gasteiger partial charge in [-0.05, 0) is 56.4 Å². The second-order valence-electron chi connectivity index (χ2n) is 6.78. The molecule has 1 N–H and O–H groups in total. The van der Waals surface area contributed by atoms with Crippen LogP contribution in [0.1, 0.15) is 78.1 Å². The van der Waals surface area contributed by atoms with Crippen LogP contribution in [0.15, 0.2) is 0 Å². The fourth-order valence-corrected chi connectivity index (χ4v) is 3.72. The van der Waals surface area contributed by atoms with E-state index >= 15 is 0 Å². The highest BCUT2D eigenvalue weighted by atomic mass is 14.9. The van der Waals surface area contributed by atoms with E-state index in [0.717, 1.165) is 23.8 Å². The Balaban J connectivity index is 1.80. The first kappa shape index (κ1) is 14.4. The molecule has 0 aromatic carbocycles. The lowest BCUT2D eigenvalue weighted by molar-refractivity contribution is 0.199. The van der Waals surface area contributed by atoms with Crippen LogP contribution in [0.5, 0.6) is 0 Å². The molecule has 0 radical (unpaired) electrons. The molecule has 2 rings (SSSR count). The number of nitrogens with one attached hydrogen (secondary N) is 1. The summed E-state index contributed by atoms with van der Waals surface area (Å²) in [4.78, 5) is 0. The van der Waals surface area contributed by atoms with E-state index in [1.807, 2.05) is 0 Å². The summed E-state index contributed by atoms with van der Waals surface area (Å²) in [5.41, 5.74) is 0. The van der Waals surface area contributed by atoms with Gasteiger partial charge < -0.3 is 5.32 Å². The second kappa shape index (κ2) is 7.53. The molecule has 0 saturated heterocycles. The van der Waals surface area contributed by atoms with E-state index in [1.54, 1.807) is 0 Å². The summed E-state index contributed by atoms with van der Waals surface area (Å²) in [6, 6.07) is 0.833. The molecular weight excluding hydrogens is 218 g/mol. The summed E-state index contributed by atoms with van der Waals surface area (Å²) in [5, 5.41) is 3.87. The van der Waals surface area contributed by atoms with Crippen molar-refractivity contribution in [2.45, 2.75) is 84.1 Å². The summed E-state index contributed by atoms with van der Waals surface area (Å²) >= 11 is 0. The van der Waals surface area contributed by atoms with Gasteiger partial charge in [-0.15, -0.1) is 0 Å². The van der Waals surface area contributed by atoms with Crippen molar-refractivity contribution in [2.24, 2.45) is 17.8 Å². The zero-order chi connectivity index (χ0) is 12.8. The lowest BCUT2D eigenvalue weighted by Gasteiger charge is -2.35. The average Bonchev–Trinajstić information content (AvgIpc) is 3.23. The summed E-state index contributed by atoms with van der Waals surface area (Å²) in [6.45, 7) is 5.90. The first-order chi connectivity index (χ1) is 8.83. The topological polar surface area (TPSA) is 12.0 Å². The Bertz CT molecular complexity index is 222. The van der Waals surface area contributed by atoms with Gasteiger partial charge in [0.1, 0.15) is 0 Å². The number of hydrogen-bond donors (Lipinski definition) is 1. The van der Waals surface area contributed by atoms with Crippen LogP contribution >= 0.6 is 0 Å². The van der Waals surface area contributed by atoms with Gasteiger partial charge in [0.15, 0.2) is 0 Å². The van der Waals surface area contributed by atoms with E-state index < -0.39 is 0 Å². The lowest BCUT2D eigenvalue weighted by Crippen LogP contribution is -2.39. The Kier molecular flexibility index (Phi) is 6.01. The van der Waals surface area contributed by atoms with Gasteiger partial charge in [-0.3, -0.25) is 0 Å². The molecule has 18 heavy (non-hydrogen) atoms. The molecule has 1 heteroatoms. The Morgan fingerprint density at radius 2 is 1.89 bits per heavy atom. The standard InChI is InChI=1S/C17H33N/c1-3-12-18-17(11-10-15-8-9-15)16-7-5-6-14(4-2)13-16/h14-18H,3-13H2,1-2H3. The van der Waals surface area contributed by atoms with Crippen molar-refractivity contribution in [3.8, 4) is 0 Å². The van der Waals surface area contributed by atoms with Crippen molar-refractivity contribution in [2.75, 3.05) is 6.54 Å². The molecule has 0 spiro atoms. The second-order valence-corrected chi connectivity index (χ2v) is 6.78. The van der Waals surface area contributed by atoms with E-state index in [0.29, 0.717) is 0 Å². The predicted octanol–water partition coefficient (Wildman–Crippen LogP) is 4.76. The summed E-state index contributed by atoms with van der Waals surface area (Å²) in [7, 11) is 0. The molecule has 2 aliphatic carbocycles. The maximum Gasteiger partial charge on any atom is 0.00955 e. The van der Waals surface area contributed by atoms with E-state index in [1.165, 1.54) is 70.8 Å². The number of hydrogen-bond acceptors (Lipinski definition) is 1. The molecule has 0 bridgehead atoms. The van der Waals surface area contributed by atoms with E-state index in [4.69, 9.17) is 0 Å². The smallest absolute Gasteiger partial charge is 0.00955 e. The highest BCUT2D eigenvalue weighted by Crippen LogP contribution is 2.38. The monoisotopic (exact) mass is 251 g/mol. The molecule has 0 aliphatic heterocycles. The van der Waals surface area contributed by atoms with Gasteiger partial charge in [-0.2, -0.15) is 0 Å². The fourth-order valence-electron chi connectivity index (χ4n) is 3.72. The van der Waals surface area contributed by atoms with Gasteiger partial charge in [0.05, 0.1) is 0 Å². The predicted molar refractivity (Wildman–Crippen MR) is 79.8 cm³/mol. The molecule has 2 saturated carbocycles. The molecule has 2 aliphatic rings. The van der Waals surface area contributed by atoms with Crippen molar-refractivity contribution >= 4 is 0 Å². The Labute approximate surface area is 114 Å². The Morgan fingerprint density at radius 3 is 2.56 bits per heavy atom. The van der Waals surface area contributed by atoms with Crippen molar-refractivity contribution < 1.29 is 0 Å². The van der Waals surface area contributed by atoms with Crippen LogP contribution in [0.3, 0.4) is 0 Å². The first-order valence-electron chi connectivity index (χ1n) is 8.56. The minimum atomic E-state index is 0.833. The quantitative estimate of drug-likeness (QED) is 0.656. The van der Waals surface area contributed by atoms with Gasteiger partial charge >= 0.3 is 0 Å². The molecule has 0 amide bonds. The van der Waals surface area contributed by atoms with Crippen LogP contribution in [0.4, 0.5) is 0 Å². The van der Waals surface area contributed by atoms with Gasteiger partial charge in [0, 0.05) is 6.04 Å². The minimum Gasteiger partial charge on any atom is -0.314 e. The van der Waals surface area contributed by atoms with Crippen LogP contribution in [-0.2, 0) is 0 Å². The third-order valence-corrected chi connectivity index (χ3v) is 5.21. The highest BCUT2D eigenvalue weighted by molar-refractivity contribution is 4.84. The van der Waals surface area contributed by atoms with Crippen molar-refractivity contribution in [3.05, 3.63) is 0 Å². The van der Waals surface area contributed by atoms with E-state index in [2.05, 4.69) is 19.2 Å². The Morgan fingerprint density at radius 1 is 1.06 bits per heavy atom. The van der Waals surface area contributed by atoms with E-state index in [-0.39, 0.29) is 0 Å². The third-order valence-electron chi connectivity index (χ3n) is 5.21. The van der Waals surface area contributed by atoms with Gasteiger partial charge in [-0.1, -0.05) is 46.0 Å². The van der Waals surface area contributed by atoms with Gasteiger partial charge in [0.2, 0.25) is 0 Å². The van der Waals surface area contributed by atoms with Crippen LogP contribution < -0.4 is 5.32 Å². The maximum absolute atomic E-state index is 3.87. The lowest BCUT2D eigenvalue weighted by atomic mass is 9.75. The van der Waals surface area contributed by atoms with Crippen LogP contribution in [0, 0.1) is 17.8 Å². The van der Waals surface area contributed by atoms with Crippen molar-refractivity contribution in [1.82, 2.24) is 5.32 Å². The molecule has 0 aromatic heterocycles. The molecule has 3 unspecified atom stereocenters. The van der Waals surface area contributed by atoms with Gasteiger partial charge in [-0.25, -0.2) is 0 Å². The number of rotatable bonds is 8. The summed E-state index contributed by atoms with van der Waals surface area (Å²) in [6.07, 6.45) is 14.6. The highest BCUT2D eigenvalue weighted by Gasteiger charge is 2.29. The summed E-state index contributed by atoms with van der Waals surface area (Å²) in [5.74, 6) is 3.10. The maximum atomic E-state index is 3.87. The van der Waals surface area contributed by atoms with E-state index in [9.17, 15) is 0 Å². The van der Waals surface area contributed by atoms with Crippen molar-refractivity contribution in [3.63, 3.8) is 0 Å². The molecule has 0 aromatic rings. The SMILES string of the molecule is CCCNC(CCC1CC1)C1CCCC(CC)C1. The molecular formula is C17H33N. The minimum absolute atomic E-state index is 0.833. The molecule has 106 valence electrons. The van der Waals surface area contributed by atoms with Crippen LogP contribution in [0.25, 0.3) is 0 Å².